The number of benzene rings is 1. The standard InChI is InChI=1S/C14H21NO2S/c1-11-9-15(6-7-18-11)10-14(16)12-4-3-5-13(8-12)17-2/h3-5,8,11,14,16H,6-7,9-10H2,1-2H3. The third-order valence-corrected chi connectivity index (χ3v) is 4.37. The zero-order valence-corrected chi connectivity index (χ0v) is 11.8. The molecule has 0 spiro atoms. The van der Waals surface area contributed by atoms with E-state index in [2.05, 4.69) is 11.8 Å². The third kappa shape index (κ3) is 3.64. The molecule has 2 rings (SSSR count). The SMILES string of the molecule is COc1cccc(C(O)CN2CCSC(C)C2)c1. The van der Waals surface area contributed by atoms with Crippen LogP contribution in [0.25, 0.3) is 0 Å². The lowest BCUT2D eigenvalue weighted by Gasteiger charge is -2.32. The van der Waals surface area contributed by atoms with E-state index in [1.54, 1.807) is 7.11 Å². The molecule has 1 heterocycles. The fourth-order valence-corrected chi connectivity index (χ4v) is 3.34. The molecule has 1 fully saturated rings. The molecular weight excluding hydrogens is 246 g/mol. The van der Waals surface area contributed by atoms with Crippen LogP contribution in [0.1, 0.15) is 18.6 Å². The van der Waals surface area contributed by atoms with Gasteiger partial charge in [-0.25, -0.2) is 0 Å². The van der Waals surface area contributed by atoms with Crippen molar-refractivity contribution in [2.24, 2.45) is 0 Å². The van der Waals surface area contributed by atoms with Crippen molar-refractivity contribution < 1.29 is 9.84 Å². The lowest BCUT2D eigenvalue weighted by Crippen LogP contribution is -2.39. The lowest BCUT2D eigenvalue weighted by molar-refractivity contribution is 0.115. The van der Waals surface area contributed by atoms with Crippen LogP contribution in [-0.4, -0.2) is 47.8 Å². The van der Waals surface area contributed by atoms with Gasteiger partial charge in [-0.05, 0) is 17.7 Å². The summed E-state index contributed by atoms with van der Waals surface area (Å²) in [6, 6.07) is 7.68. The Balaban J connectivity index is 1.95. The number of ether oxygens (including phenoxy) is 1. The second-order valence-corrected chi connectivity index (χ2v) is 6.28. The highest BCUT2D eigenvalue weighted by atomic mass is 32.2. The number of hydrogen-bond acceptors (Lipinski definition) is 4. The Morgan fingerprint density at radius 3 is 3.11 bits per heavy atom. The maximum atomic E-state index is 10.3. The van der Waals surface area contributed by atoms with Crippen LogP contribution >= 0.6 is 11.8 Å². The van der Waals surface area contributed by atoms with Gasteiger partial charge in [0, 0.05) is 30.6 Å². The quantitative estimate of drug-likeness (QED) is 0.906. The predicted octanol–water partition coefficient (Wildman–Crippen LogP) is 2.17. The highest BCUT2D eigenvalue weighted by Gasteiger charge is 2.20. The smallest absolute Gasteiger partial charge is 0.119 e. The van der Waals surface area contributed by atoms with E-state index in [1.807, 2.05) is 36.0 Å². The molecule has 3 nitrogen and oxygen atoms in total. The molecule has 0 bridgehead atoms. The van der Waals surface area contributed by atoms with E-state index in [9.17, 15) is 5.11 Å². The van der Waals surface area contributed by atoms with E-state index >= 15 is 0 Å². The molecule has 1 aliphatic heterocycles. The zero-order chi connectivity index (χ0) is 13.0. The predicted molar refractivity (Wildman–Crippen MR) is 76.3 cm³/mol. The van der Waals surface area contributed by atoms with Crippen molar-refractivity contribution in [3.05, 3.63) is 29.8 Å². The fourth-order valence-electron chi connectivity index (χ4n) is 2.26. The summed E-state index contributed by atoms with van der Waals surface area (Å²) in [5.74, 6) is 1.96. The van der Waals surface area contributed by atoms with Gasteiger partial charge in [-0.15, -0.1) is 0 Å². The third-order valence-electron chi connectivity index (χ3n) is 3.23. The first-order valence-electron chi connectivity index (χ1n) is 6.35. The van der Waals surface area contributed by atoms with Gasteiger partial charge >= 0.3 is 0 Å². The van der Waals surface area contributed by atoms with Crippen LogP contribution in [0.3, 0.4) is 0 Å². The monoisotopic (exact) mass is 267 g/mol. The summed E-state index contributed by atoms with van der Waals surface area (Å²) in [6.07, 6.45) is -0.435. The number of thioether (sulfide) groups is 1. The van der Waals surface area contributed by atoms with Crippen molar-refractivity contribution in [1.29, 1.82) is 0 Å². The van der Waals surface area contributed by atoms with Crippen molar-refractivity contribution in [1.82, 2.24) is 4.90 Å². The Kier molecular flexibility index (Phi) is 4.92. The first kappa shape index (κ1) is 13.7. The van der Waals surface area contributed by atoms with Crippen LogP contribution in [0, 0.1) is 0 Å². The van der Waals surface area contributed by atoms with E-state index in [4.69, 9.17) is 4.74 Å². The Hall–Kier alpha value is -0.710. The molecule has 0 aliphatic carbocycles. The minimum Gasteiger partial charge on any atom is -0.497 e. The average molecular weight is 267 g/mol. The molecule has 0 amide bonds. The van der Waals surface area contributed by atoms with Gasteiger partial charge in [0.05, 0.1) is 13.2 Å². The summed E-state index contributed by atoms with van der Waals surface area (Å²) in [7, 11) is 1.65. The zero-order valence-electron chi connectivity index (χ0n) is 11.0. The number of methoxy groups -OCH3 is 1. The van der Waals surface area contributed by atoms with E-state index in [-0.39, 0.29) is 0 Å². The summed E-state index contributed by atoms with van der Waals surface area (Å²) < 4.78 is 5.18. The molecule has 0 radical (unpaired) electrons. The molecule has 0 saturated carbocycles. The maximum Gasteiger partial charge on any atom is 0.119 e. The Labute approximate surface area is 113 Å². The molecule has 4 heteroatoms. The highest BCUT2D eigenvalue weighted by molar-refractivity contribution is 7.99. The summed E-state index contributed by atoms with van der Waals surface area (Å²) in [5, 5.41) is 10.9. The largest absolute Gasteiger partial charge is 0.497 e. The molecule has 1 N–H and O–H groups in total. The Morgan fingerprint density at radius 1 is 1.56 bits per heavy atom. The van der Waals surface area contributed by atoms with E-state index in [1.165, 1.54) is 0 Å². The molecule has 1 aromatic carbocycles. The number of rotatable bonds is 4. The highest BCUT2D eigenvalue weighted by Crippen LogP contribution is 2.23. The first-order chi connectivity index (χ1) is 8.69. The van der Waals surface area contributed by atoms with E-state index in [0.717, 1.165) is 30.2 Å². The van der Waals surface area contributed by atoms with Gasteiger partial charge in [0.2, 0.25) is 0 Å². The van der Waals surface area contributed by atoms with Gasteiger partial charge in [0.25, 0.3) is 0 Å². The van der Waals surface area contributed by atoms with Crippen LogP contribution in [0.15, 0.2) is 24.3 Å². The first-order valence-corrected chi connectivity index (χ1v) is 7.40. The Bertz CT molecular complexity index is 386. The molecular formula is C14H21NO2S. The van der Waals surface area contributed by atoms with Crippen molar-refractivity contribution in [2.45, 2.75) is 18.3 Å². The lowest BCUT2D eigenvalue weighted by atomic mass is 10.1. The van der Waals surface area contributed by atoms with Gasteiger partial charge in [-0.3, -0.25) is 4.90 Å². The van der Waals surface area contributed by atoms with E-state index in [0.29, 0.717) is 11.8 Å². The summed E-state index contributed by atoms with van der Waals surface area (Å²) >= 11 is 2.01. The van der Waals surface area contributed by atoms with Crippen LogP contribution in [0.5, 0.6) is 5.75 Å². The fraction of sp³-hybridized carbons (Fsp3) is 0.571. The molecule has 1 saturated heterocycles. The van der Waals surface area contributed by atoms with Gasteiger partial charge in [-0.1, -0.05) is 19.1 Å². The molecule has 0 aromatic heterocycles. The summed E-state index contributed by atoms with van der Waals surface area (Å²) in [5.41, 5.74) is 0.931. The molecule has 2 unspecified atom stereocenters. The number of nitrogens with zero attached hydrogens (tertiary/aromatic N) is 1. The van der Waals surface area contributed by atoms with Crippen molar-refractivity contribution in [3.63, 3.8) is 0 Å². The number of hydrogen-bond donors (Lipinski definition) is 1. The molecule has 2 atom stereocenters. The number of aliphatic hydroxyl groups excluding tert-OH is 1. The van der Waals surface area contributed by atoms with Crippen LogP contribution in [-0.2, 0) is 0 Å². The minimum absolute atomic E-state index is 0.435. The van der Waals surface area contributed by atoms with Crippen molar-refractivity contribution >= 4 is 11.8 Å². The Morgan fingerprint density at radius 2 is 2.39 bits per heavy atom. The second-order valence-electron chi connectivity index (χ2n) is 4.73. The minimum atomic E-state index is -0.435. The summed E-state index contributed by atoms with van der Waals surface area (Å²) in [4.78, 5) is 2.34. The molecule has 100 valence electrons. The summed E-state index contributed by atoms with van der Waals surface area (Å²) in [6.45, 7) is 5.08. The van der Waals surface area contributed by atoms with Gasteiger partial charge in [0.15, 0.2) is 0 Å². The second kappa shape index (κ2) is 6.45. The van der Waals surface area contributed by atoms with Crippen molar-refractivity contribution in [3.8, 4) is 5.75 Å². The number of β-amino-alcohol motifs (C(OH)–C–C–N with tert-alkyl or cyclic N) is 1. The normalized spacial score (nSPS) is 22.7. The molecule has 18 heavy (non-hydrogen) atoms. The average Bonchev–Trinajstić information content (AvgIpc) is 2.39. The van der Waals surface area contributed by atoms with Gasteiger partial charge < -0.3 is 9.84 Å². The molecule has 1 aromatic rings. The number of aliphatic hydroxyl groups is 1. The van der Waals surface area contributed by atoms with Crippen molar-refractivity contribution in [2.75, 3.05) is 32.5 Å². The van der Waals surface area contributed by atoms with Gasteiger partial charge in [0.1, 0.15) is 5.75 Å². The topological polar surface area (TPSA) is 32.7 Å². The van der Waals surface area contributed by atoms with Crippen LogP contribution < -0.4 is 4.74 Å². The van der Waals surface area contributed by atoms with Crippen LogP contribution in [0.4, 0.5) is 0 Å². The maximum absolute atomic E-state index is 10.3. The van der Waals surface area contributed by atoms with E-state index < -0.39 is 6.10 Å². The van der Waals surface area contributed by atoms with Crippen LogP contribution in [0.2, 0.25) is 0 Å². The molecule has 1 aliphatic rings. The van der Waals surface area contributed by atoms with Gasteiger partial charge in [-0.2, -0.15) is 11.8 Å².